The van der Waals surface area contributed by atoms with Gasteiger partial charge in [0.05, 0.1) is 22.6 Å². The number of nitrogens with zero attached hydrogens (tertiary/aromatic N) is 1. The molecule has 1 N–H and O–H groups in total. The van der Waals surface area contributed by atoms with Gasteiger partial charge in [0.1, 0.15) is 5.75 Å². The highest BCUT2D eigenvalue weighted by Crippen LogP contribution is 2.34. The first-order chi connectivity index (χ1) is 10.2. The van der Waals surface area contributed by atoms with Gasteiger partial charge in [0.2, 0.25) is 0 Å². The Labute approximate surface area is 138 Å². The van der Waals surface area contributed by atoms with Crippen LogP contribution in [0.25, 0.3) is 0 Å². The van der Waals surface area contributed by atoms with E-state index in [2.05, 4.69) is 52.2 Å². The number of ether oxygens (including phenoxy) is 1. The molecule has 2 heterocycles. The quantitative estimate of drug-likeness (QED) is 0.768. The van der Waals surface area contributed by atoms with E-state index in [-0.39, 0.29) is 6.04 Å². The Morgan fingerprint density at radius 2 is 2.14 bits per heavy atom. The third kappa shape index (κ3) is 4.28. The van der Waals surface area contributed by atoms with Crippen molar-refractivity contribution < 1.29 is 4.74 Å². The number of thiophene rings is 1. The van der Waals surface area contributed by atoms with E-state index < -0.39 is 0 Å². The average molecular weight is 369 g/mol. The van der Waals surface area contributed by atoms with E-state index in [1.165, 1.54) is 14.2 Å². The fourth-order valence-corrected chi connectivity index (χ4v) is 3.81. The number of hydrogen-bond acceptors (Lipinski definition) is 4. The predicted molar refractivity (Wildman–Crippen MR) is 92.3 cm³/mol. The highest BCUT2D eigenvalue weighted by molar-refractivity contribution is 9.11. The van der Waals surface area contributed by atoms with Gasteiger partial charge < -0.3 is 10.1 Å². The summed E-state index contributed by atoms with van der Waals surface area (Å²) in [4.78, 5) is 5.61. The molecule has 2 rings (SSSR count). The number of rotatable bonds is 7. The highest BCUT2D eigenvalue weighted by Gasteiger charge is 2.18. The van der Waals surface area contributed by atoms with E-state index in [0.717, 1.165) is 24.3 Å². The maximum Gasteiger partial charge on any atom is 0.137 e. The van der Waals surface area contributed by atoms with E-state index in [9.17, 15) is 0 Å². The minimum Gasteiger partial charge on any atom is -0.492 e. The first kappa shape index (κ1) is 16.5. The molecule has 3 nitrogen and oxygen atoms in total. The van der Waals surface area contributed by atoms with Crippen molar-refractivity contribution in [1.29, 1.82) is 0 Å². The van der Waals surface area contributed by atoms with Crippen molar-refractivity contribution in [2.45, 2.75) is 33.2 Å². The van der Waals surface area contributed by atoms with Gasteiger partial charge in [-0.15, -0.1) is 11.3 Å². The lowest BCUT2D eigenvalue weighted by Crippen LogP contribution is -2.22. The third-order valence-corrected chi connectivity index (χ3v) is 5.34. The number of nitrogens with one attached hydrogen (secondary N) is 1. The van der Waals surface area contributed by atoms with Crippen molar-refractivity contribution in [3.63, 3.8) is 0 Å². The second-order valence-corrected chi connectivity index (χ2v) is 7.28. The number of hydrogen-bond donors (Lipinski definition) is 1. The van der Waals surface area contributed by atoms with Gasteiger partial charge in [0.25, 0.3) is 0 Å². The minimum absolute atomic E-state index is 0.160. The molecule has 0 aliphatic rings. The number of pyridine rings is 1. The first-order valence-corrected chi connectivity index (χ1v) is 8.83. The summed E-state index contributed by atoms with van der Waals surface area (Å²) in [6, 6.07) is 4.47. The van der Waals surface area contributed by atoms with Gasteiger partial charge in [-0.2, -0.15) is 0 Å². The molecule has 0 bridgehead atoms. The standard InChI is InChI=1S/C16H21BrN2OS/c1-4-6-19-15(14-7-11(3)16(17)21-14)12-8-13(20-5-2)10-18-9-12/h7-10,15,19H,4-6H2,1-3H3. The molecule has 0 spiro atoms. The Kier molecular flexibility index (Phi) is 6.21. The largest absolute Gasteiger partial charge is 0.492 e. The molecule has 5 heteroatoms. The van der Waals surface area contributed by atoms with Crippen LogP contribution in [0.2, 0.25) is 0 Å². The third-order valence-electron chi connectivity index (χ3n) is 3.14. The molecule has 1 unspecified atom stereocenters. The van der Waals surface area contributed by atoms with Crippen LogP contribution in [-0.4, -0.2) is 18.1 Å². The van der Waals surface area contributed by atoms with Gasteiger partial charge in [-0.05, 0) is 66.0 Å². The van der Waals surface area contributed by atoms with Crippen molar-refractivity contribution in [2.75, 3.05) is 13.2 Å². The number of halogens is 1. The van der Waals surface area contributed by atoms with Crippen LogP contribution < -0.4 is 10.1 Å². The molecule has 2 aromatic rings. The minimum atomic E-state index is 0.160. The zero-order valence-electron chi connectivity index (χ0n) is 12.6. The van der Waals surface area contributed by atoms with E-state index >= 15 is 0 Å². The van der Waals surface area contributed by atoms with Gasteiger partial charge in [-0.1, -0.05) is 6.92 Å². The van der Waals surface area contributed by atoms with Gasteiger partial charge in [-0.25, -0.2) is 0 Å². The summed E-state index contributed by atoms with van der Waals surface area (Å²) in [5, 5.41) is 3.61. The SMILES string of the molecule is CCCNC(c1cncc(OCC)c1)c1cc(C)c(Br)s1. The Morgan fingerprint density at radius 1 is 1.33 bits per heavy atom. The van der Waals surface area contributed by atoms with Crippen molar-refractivity contribution in [1.82, 2.24) is 10.3 Å². The summed E-state index contributed by atoms with van der Waals surface area (Å²) in [7, 11) is 0. The molecule has 0 aliphatic carbocycles. The van der Waals surface area contributed by atoms with Crippen LogP contribution in [0.4, 0.5) is 0 Å². The molecule has 114 valence electrons. The van der Waals surface area contributed by atoms with Crippen molar-refractivity contribution >= 4 is 27.3 Å². The van der Waals surface area contributed by atoms with Crippen LogP contribution in [0, 0.1) is 6.92 Å². The molecule has 1 atom stereocenters. The summed E-state index contributed by atoms with van der Waals surface area (Å²) >= 11 is 5.39. The van der Waals surface area contributed by atoms with Crippen LogP contribution >= 0.6 is 27.3 Å². The van der Waals surface area contributed by atoms with Gasteiger partial charge in [0.15, 0.2) is 0 Å². The van der Waals surface area contributed by atoms with Crippen molar-refractivity contribution in [3.8, 4) is 5.75 Å². The maximum absolute atomic E-state index is 5.57. The summed E-state index contributed by atoms with van der Waals surface area (Å²) in [6.07, 6.45) is 4.78. The van der Waals surface area contributed by atoms with E-state index in [1.54, 1.807) is 17.5 Å². The molecule has 0 amide bonds. The van der Waals surface area contributed by atoms with Crippen molar-refractivity contribution in [2.24, 2.45) is 0 Å². The van der Waals surface area contributed by atoms with Crippen LogP contribution in [0.3, 0.4) is 0 Å². The second-order valence-electron chi connectivity index (χ2n) is 4.88. The van der Waals surface area contributed by atoms with Crippen LogP contribution in [-0.2, 0) is 0 Å². The molecular weight excluding hydrogens is 348 g/mol. The Bertz CT molecular complexity index is 566. The fraction of sp³-hybridized carbons (Fsp3) is 0.438. The average Bonchev–Trinajstić information content (AvgIpc) is 2.80. The normalized spacial score (nSPS) is 12.4. The molecule has 0 saturated carbocycles. The van der Waals surface area contributed by atoms with Crippen LogP contribution in [0.15, 0.2) is 28.3 Å². The lowest BCUT2D eigenvalue weighted by molar-refractivity contribution is 0.338. The fourth-order valence-electron chi connectivity index (χ4n) is 2.14. The van der Waals surface area contributed by atoms with E-state index in [0.29, 0.717) is 6.61 Å². The zero-order chi connectivity index (χ0) is 15.2. The Balaban J connectivity index is 2.32. The molecule has 0 saturated heterocycles. The Morgan fingerprint density at radius 3 is 2.76 bits per heavy atom. The summed E-state index contributed by atoms with van der Waals surface area (Å²) in [6.45, 7) is 7.91. The summed E-state index contributed by atoms with van der Waals surface area (Å²) < 4.78 is 6.76. The lowest BCUT2D eigenvalue weighted by Gasteiger charge is -2.18. The van der Waals surface area contributed by atoms with Gasteiger partial charge >= 0.3 is 0 Å². The monoisotopic (exact) mass is 368 g/mol. The topological polar surface area (TPSA) is 34.2 Å². The van der Waals surface area contributed by atoms with Crippen molar-refractivity contribution in [3.05, 3.63) is 44.3 Å². The molecule has 0 aliphatic heterocycles. The first-order valence-electron chi connectivity index (χ1n) is 7.22. The highest BCUT2D eigenvalue weighted by atomic mass is 79.9. The summed E-state index contributed by atoms with van der Waals surface area (Å²) in [5.74, 6) is 0.825. The van der Waals surface area contributed by atoms with Crippen LogP contribution in [0.5, 0.6) is 5.75 Å². The smallest absolute Gasteiger partial charge is 0.137 e. The molecular formula is C16H21BrN2OS. The summed E-state index contributed by atoms with van der Waals surface area (Å²) in [5.41, 5.74) is 2.41. The van der Waals surface area contributed by atoms with Crippen LogP contribution in [0.1, 0.15) is 42.3 Å². The molecule has 0 radical (unpaired) electrons. The molecule has 21 heavy (non-hydrogen) atoms. The molecule has 0 aromatic carbocycles. The van der Waals surface area contributed by atoms with Gasteiger partial charge in [-0.3, -0.25) is 4.98 Å². The van der Waals surface area contributed by atoms with E-state index in [4.69, 9.17) is 4.74 Å². The molecule has 0 fully saturated rings. The number of aromatic nitrogens is 1. The second kappa shape index (κ2) is 7.92. The maximum atomic E-state index is 5.57. The Hall–Kier alpha value is -0.910. The van der Waals surface area contributed by atoms with E-state index in [1.807, 2.05) is 13.1 Å². The zero-order valence-corrected chi connectivity index (χ0v) is 15.1. The number of aryl methyl sites for hydroxylation is 1. The molecule has 2 aromatic heterocycles. The van der Waals surface area contributed by atoms with Gasteiger partial charge in [0, 0.05) is 11.1 Å². The predicted octanol–water partition coefficient (Wildman–Crippen LogP) is 4.70. The lowest BCUT2D eigenvalue weighted by atomic mass is 10.1.